The lowest BCUT2D eigenvalue weighted by molar-refractivity contribution is -0.00709. The molecule has 2 unspecified atom stereocenters. The molecule has 1 aromatic carbocycles. The fourth-order valence-corrected chi connectivity index (χ4v) is 5.04. The van der Waals surface area contributed by atoms with E-state index in [1.165, 1.54) is 0 Å². The molecule has 0 radical (unpaired) electrons. The van der Waals surface area contributed by atoms with Crippen molar-refractivity contribution >= 4 is 33.9 Å². The highest BCUT2D eigenvalue weighted by Gasteiger charge is 2.29. The Balaban J connectivity index is 1.86. The molecule has 3 aromatic heterocycles. The molecule has 9 nitrogen and oxygen atoms in total. The van der Waals surface area contributed by atoms with Gasteiger partial charge in [0.2, 0.25) is 0 Å². The van der Waals surface area contributed by atoms with Crippen molar-refractivity contribution in [1.29, 1.82) is 0 Å². The minimum atomic E-state index is -0.298. The van der Waals surface area contributed by atoms with E-state index in [0.717, 1.165) is 52.4 Å². The molecule has 4 aromatic rings. The van der Waals surface area contributed by atoms with Crippen molar-refractivity contribution in [2.45, 2.75) is 45.3 Å². The molecule has 0 amide bonds. The summed E-state index contributed by atoms with van der Waals surface area (Å²) >= 11 is 0. The number of rotatable bonds is 5. The van der Waals surface area contributed by atoms with E-state index in [-0.39, 0.29) is 17.8 Å². The Morgan fingerprint density at radius 2 is 2.20 bits per heavy atom. The average molecular weight is 475 g/mol. The zero-order valence-electron chi connectivity index (χ0n) is 20.5. The number of aryl methyl sites for hydroxylation is 2. The van der Waals surface area contributed by atoms with Gasteiger partial charge < -0.3 is 14.9 Å². The van der Waals surface area contributed by atoms with E-state index in [1.54, 1.807) is 30.3 Å². The minimum Gasteiger partial charge on any atom is -0.452 e. The number of nitrogens with zero attached hydrogens (tertiary/aromatic N) is 5. The fraction of sp³-hybridized carbons (Fsp3) is 0.385. The normalized spacial score (nSPS) is 19.4. The number of aliphatic imine (C=N–C) groups is 1. The van der Waals surface area contributed by atoms with Gasteiger partial charge in [-0.1, -0.05) is 6.92 Å². The predicted octanol–water partition coefficient (Wildman–Crippen LogP) is 3.98. The lowest BCUT2D eigenvalue weighted by Crippen LogP contribution is -2.34. The summed E-state index contributed by atoms with van der Waals surface area (Å²) in [6, 6.07) is 3.99. The van der Waals surface area contributed by atoms with Crippen LogP contribution in [0.25, 0.3) is 38.9 Å². The van der Waals surface area contributed by atoms with Gasteiger partial charge in [0.15, 0.2) is 5.58 Å². The van der Waals surface area contributed by atoms with Gasteiger partial charge in [0.1, 0.15) is 16.8 Å². The van der Waals surface area contributed by atoms with Crippen molar-refractivity contribution in [3.63, 3.8) is 0 Å². The molecule has 1 fully saturated rings. The van der Waals surface area contributed by atoms with Crippen LogP contribution in [-0.4, -0.2) is 45.3 Å². The second kappa shape index (κ2) is 9.14. The van der Waals surface area contributed by atoms with E-state index in [4.69, 9.17) is 14.9 Å². The summed E-state index contributed by atoms with van der Waals surface area (Å²) in [6.07, 6.45) is 9.31. The number of ether oxygens (including phenoxy) is 1. The molecule has 0 aliphatic carbocycles. The summed E-state index contributed by atoms with van der Waals surface area (Å²) in [6.45, 7) is 4.72. The van der Waals surface area contributed by atoms with Crippen LogP contribution in [0.1, 0.15) is 43.4 Å². The van der Waals surface area contributed by atoms with E-state index >= 15 is 0 Å². The molecule has 0 spiro atoms. The van der Waals surface area contributed by atoms with Gasteiger partial charge in [-0.15, -0.1) is 0 Å². The molecule has 5 rings (SSSR count). The molecule has 2 atom stereocenters. The maximum absolute atomic E-state index is 13.6. The van der Waals surface area contributed by atoms with E-state index in [9.17, 15) is 4.79 Å². The number of hydrogen-bond donors (Lipinski definition) is 1. The van der Waals surface area contributed by atoms with Crippen molar-refractivity contribution in [2.75, 3.05) is 13.7 Å². The Kier molecular flexibility index (Phi) is 6.02. The SMILES string of the molecule is CCC1CC(n2c(=O)nc(-c3cnn(C)c3)c3oc4cc(C)c(/C(C=NC)=C/N)cc4c32)CCO1. The van der Waals surface area contributed by atoms with Crippen molar-refractivity contribution in [3.8, 4) is 11.3 Å². The van der Waals surface area contributed by atoms with Crippen molar-refractivity contribution in [3.05, 3.63) is 52.3 Å². The van der Waals surface area contributed by atoms with Crippen LogP contribution in [0.4, 0.5) is 0 Å². The molecule has 2 N–H and O–H groups in total. The Morgan fingerprint density at radius 3 is 2.89 bits per heavy atom. The van der Waals surface area contributed by atoms with Crippen LogP contribution in [0.5, 0.6) is 0 Å². The van der Waals surface area contributed by atoms with E-state index in [1.807, 2.05) is 36.9 Å². The third-order valence-electron chi connectivity index (χ3n) is 6.78. The molecule has 1 saturated heterocycles. The second-order valence-corrected chi connectivity index (χ2v) is 9.05. The maximum Gasteiger partial charge on any atom is 0.349 e. The quantitative estimate of drug-likeness (QED) is 0.438. The minimum absolute atomic E-state index is 0.0357. The first kappa shape index (κ1) is 23.0. The molecule has 1 aliphatic heterocycles. The zero-order valence-corrected chi connectivity index (χ0v) is 20.5. The molecular weight excluding hydrogens is 444 g/mol. The molecule has 1 aliphatic rings. The number of fused-ring (bicyclic) bond motifs is 3. The monoisotopic (exact) mass is 474 g/mol. The van der Waals surface area contributed by atoms with Crippen LogP contribution in [-0.2, 0) is 11.8 Å². The standard InChI is InChI=1S/C26H30N6O3/c1-5-19-9-18(6-7-34-19)32-24-21-10-20(16(11-27)12-28-3)15(2)8-22(21)35-25(24)23(30-26(32)33)17-13-29-31(4)14-17/h8,10-14,18-19H,5-7,9,27H2,1-4H3/b16-11+,28-12?. The lowest BCUT2D eigenvalue weighted by atomic mass is 9.98. The Hall–Kier alpha value is -3.72. The zero-order chi connectivity index (χ0) is 24.7. The number of aromatic nitrogens is 4. The summed E-state index contributed by atoms with van der Waals surface area (Å²) in [5.41, 5.74) is 11.6. The van der Waals surface area contributed by atoms with Crippen LogP contribution in [0.3, 0.4) is 0 Å². The Morgan fingerprint density at radius 1 is 1.37 bits per heavy atom. The molecule has 182 valence electrons. The summed E-state index contributed by atoms with van der Waals surface area (Å²) in [5, 5.41) is 5.11. The average Bonchev–Trinajstić information content (AvgIpc) is 3.45. The maximum atomic E-state index is 13.6. The molecule has 0 saturated carbocycles. The lowest BCUT2D eigenvalue weighted by Gasteiger charge is -2.30. The summed E-state index contributed by atoms with van der Waals surface area (Å²) in [7, 11) is 3.54. The first-order valence-electron chi connectivity index (χ1n) is 11.9. The van der Waals surface area contributed by atoms with Gasteiger partial charge in [0, 0.05) is 61.9 Å². The van der Waals surface area contributed by atoms with Gasteiger partial charge in [-0.3, -0.25) is 14.2 Å². The van der Waals surface area contributed by atoms with Crippen LogP contribution in [0.2, 0.25) is 0 Å². The van der Waals surface area contributed by atoms with Gasteiger partial charge in [-0.05, 0) is 49.4 Å². The molecule has 9 heteroatoms. The Labute approximate surface area is 202 Å². The van der Waals surface area contributed by atoms with Gasteiger partial charge in [-0.25, -0.2) is 4.79 Å². The molecular formula is C26H30N6O3. The summed E-state index contributed by atoms with van der Waals surface area (Å²) in [5.74, 6) is 0. The molecule has 4 heterocycles. The Bertz CT molecular complexity index is 1520. The van der Waals surface area contributed by atoms with Gasteiger partial charge in [-0.2, -0.15) is 10.1 Å². The third-order valence-corrected chi connectivity index (χ3v) is 6.78. The van der Waals surface area contributed by atoms with Crippen LogP contribution in [0.15, 0.2) is 44.9 Å². The van der Waals surface area contributed by atoms with E-state index < -0.39 is 0 Å². The van der Waals surface area contributed by atoms with Crippen LogP contribution in [0, 0.1) is 6.92 Å². The highest BCUT2D eigenvalue weighted by atomic mass is 16.5. The van der Waals surface area contributed by atoms with Gasteiger partial charge in [0.05, 0.1) is 12.3 Å². The van der Waals surface area contributed by atoms with Crippen molar-refractivity contribution in [1.82, 2.24) is 19.3 Å². The van der Waals surface area contributed by atoms with Crippen molar-refractivity contribution < 1.29 is 9.15 Å². The fourth-order valence-electron chi connectivity index (χ4n) is 5.04. The van der Waals surface area contributed by atoms with Gasteiger partial charge >= 0.3 is 5.69 Å². The smallest absolute Gasteiger partial charge is 0.349 e. The highest BCUT2D eigenvalue weighted by molar-refractivity contribution is 6.13. The van der Waals surface area contributed by atoms with Crippen LogP contribution < -0.4 is 11.4 Å². The topological polar surface area (TPSA) is 113 Å². The summed E-state index contributed by atoms with van der Waals surface area (Å²) in [4.78, 5) is 22.3. The molecule has 35 heavy (non-hydrogen) atoms. The molecule has 0 bridgehead atoms. The first-order chi connectivity index (χ1) is 16.9. The summed E-state index contributed by atoms with van der Waals surface area (Å²) < 4.78 is 15.8. The van der Waals surface area contributed by atoms with Crippen molar-refractivity contribution in [2.24, 2.45) is 17.8 Å². The highest BCUT2D eigenvalue weighted by Crippen LogP contribution is 2.38. The van der Waals surface area contributed by atoms with Gasteiger partial charge in [0.25, 0.3) is 0 Å². The number of allylic oxidation sites excluding steroid dienone is 1. The van der Waals surface area contributed by atoms with E-state index in [0.29, 0.717) is 23.5 Å². The number of furan rings is 1. The van der Waals surface area contributed by atoms with Crippen LogP contribution >= 0.6 is 0 Å². The number of hydrogen-bond acceptors (Lipinski definition) is 7. The number of nitrogens with two attached hydrogens (primary N) is 1. The predicted molar refractivity (Wildman–Crippen MR) is 138 cm³/mol. The third kappa shape index (κ3) is 3.95. The first-order valence-corrected chi connectivity index (χ1v) is 11.9. The second-order valence-electron chi connectivity index (χ2n) is 9.05. The largest absolute Gasteiger partial charge is 0.452 e. The number of benzene rings is 1. The van der Waals surface area contributed by atoms with E-state index in [2.05, 4.69) is 22.0 Å².